The predicted molar refractivity (Wildman–Crippen MR) is 134 cm³/mol. The van der Waals surface area contributed by atoms with Crippen LogP contribution in [0.15, 0.2) is 16.9 Å². The number of hydrogen-bond donors (Lipinski definition) is 3. The maximum Gasteiger partial charge on any atom is 0.353 e. The van der Waals surface area contributed by atoms with Crippen LogP contribution in [-0.4, -0.2) is 100 Å². The molecule has 13 nitrogen and oxygen atoms in total. The lowest BCUT2D eigenvalue weighted by atomic mass is 9.73. The number of aromatic nitrogens is 4. The molecule has 2 saturated heterocycles. The van der Waals surface area contributed by atoms with Crippen LogP contribution in [0.2, 0.25) is 0 Å². The summed E-state index contributed by atoms with van der Waals surface area (Å²) in [6, 6.07) is -0.737. The molecule has 206 valence electrons. The Bertz CT molecular complexity index is 1150. The minimum atomic E-state index is -1.14. The molecule has 4 heterocycles. The van der Waals surface area contributed by atoms with E-state index >= 15 is 0 Å². The van der Waals surface area contributed by atoms with Crippen molar-refractivity contribution in [3.8, 4) is 0 Å². The number of nitrogens with zero attached hydrogens (tertiary/aromatic N) is 6. The molecule has 4 aliphatic rings. The monoisotopic (exact) mass is 547 g/mol. The molecular weight excluding hydrogens is 514 g/mol. The lowest BCUT2D eigenvalue weighted by molar-refractivity contribution is -0.160. The van der Waals surface area contributed by atoms with Crippen LogP contribution in [0.25, 0.3) is 0 Å². The standard InChI is InChI=1S/C24H33N7O6S/c1-11(5-14(32)7-30-10-26-27-28-30)18-19-12(2)21(20(24(36)37)31(19)23(18)35)38-15-4-3-13(6-15)22(34)29-8-16(25)17(33)9-29/h10-13,15-19,33H,3-9,25H2,1-2H3,(H,36,37)/t11-,12+,13-,15+,16-,17+,18+,19+/m0/s1. The fourth-order valence-corrected chi connectivity index (χ4v) is 8.05. The van der Waals surface area contributed by atoms with Crippen molar-refractivity contribution in [3.05, 3.63) is 16.9 Å². The second-order valence-corrected chi connectivity index (χ2v) is 12.3. The Morgan fingerprint density at radius 3 is 2.66 bits per heavy atom. The molecule has 1 aromatic rings. The van der Waals surface area contributed by atoms with Gasteiger partial charge in [-0.15, -0.1) is 16.9 Å². The van der Waals surface area contributed by atoms with Gasteiger partial charge in [0.25, 0.3) is 0 Å². The first-order valence-corrected chi connectivity index (χ1v) is 13.9. The number of Topliss-reactive ketones (excluding diaryl/α,β-unsaturated/α-hetero) is 1. The SMILES string of the molecule is C[C@@H](CC(=O)Cn1cnnn1)[C@H]1C(=O)N2C(C(=O)O)=C(S[C@@H]3CC[C@H](C(=O)N4C[C@@H](O)[C@@H](N)C4)C3)[C@H](C)[C@H]12. The molecule has 0 radical (unpaired) electrons. The summed E-state index contributed by atoms with van der Waals surface area (Å²) in [6.07, 6.45) is 2.88. The number of hydrogen-bond acceptors (Lipinski definition) is 10. The van der Waals surface area contributed by atoms with Gasteiger partial charge in [0, 0.05) is 47.5 Å². The summed E-state index contributed by atoms with van der Waals surface area (Å²) in [4.78, 5) is 54.6. The van der Waals surface area contributed by atoms with Crippen molar-refractivity contribution in [3.63, 3.8) is 0 Å². The van der Waals surface area contributed by atoms with Crippen LogP contribution < -0.4 is 5.73 Å². The van der Waals surface area contributed by atoms with Crippen molar-refractivity contribution < 1.29 is 29.4 Å². The Hall–Kier alpha value is -2.84. The molecule has 0 aromatic carbocycles. The molecule has 3 aliphatic heterocycles. The van der Waals surface area contributed by atoms with E-state index in [9.17, 15) is 29.4 Å². The number of aliphatic hydroxyl groups is 1. The third-order valence-electron chi connectivity index (χ3n) is 8.36. The van der Waals surface area contributed by atoms with Gasteiger partial charge in [0.2, 0.25) is 11.8 Å². The molecule has 2 amide bonds. The predicted octanol–water partition coefficient (Wildman–Crippen LogP) is -0.526. The number of tetrazole rings is 1. The highest BCUT2D eigenvalue weighted by Gasteiger charge is 2.60. The molecule has 1 aliphatic carbocycles. The number of β-lactam (4-membered cyclic amide) rings is 1. The van der Waals surface area contributed by atoms with E-state index in [-0.39, 0.29) is 71.9 Å². The Morgan fingerprint density at radius 1 is 1.26 bits per heavy atom. The van der Waals surface area contributed by atoms with Crippen molar-refractivity contribution >= 4 is 35.3 Å². The van der Waals surface area contributed by atoms with Crippen LogP contribution in [0.5, 0.6) is 0 Å². The zero-order chi connectivity index (χ0) is 27.3. The van der Waals surface area contributed by atoms with E-state index in [1.54, 1.807) is 4.90 Å². The number of nitrogens with two attached hydrogens (primary N) is 1. The number of ketones is 1. The zero-order valence-electron chi connectivity index (χ0n) is 21.3. The Balaban J connectivity index is 1.23. The summed E-state index contributed by atoms with van der Waals surface area (Å²) >= 11 is 1.47. The number of thioether (sulfide) groups is 1. The first-order valence-electron chi connectivity index (χ1n) is 13.0. The number of carbonyl (C=O) groups is 4. The van der Waals surface area contributed by atoms with Gasteiger partial charge in [0.15, 0.2) is 5.78 Å². The van der Waals surface area contributed by atoms with E-state index in [1.165, 1.54) is 27.7 Å². The van der Waals surface area contributed by atoms with E-state index in [0.29, 0.717) is 24.3 Å². The fourth-order valence-electron chi connectivity index (χ4n) is 6.45. The first-order chi connectivity index (χ1) is 18.1. The van der Waals surface area contributed by atoms with E-state index in [4.69, 9.17) is 5.73 Å². The van der Waals surface area contributed by atoms with Crippen molar-refractivity contribution in [2.45, 2.75) is 69.5 Å². The normalized spacial score (nSPS) is 33.5. The van der Waals surface area contributed by atoms with Gasteiger partial charge in [0.1, 0.15) is 18.6 Å². The van der Waals surface area contributed by atoms with E-state index in [0.717, 1.165) is 6.42 Å². The quantitative estimate of drug-likeness (QED) is 0.338. The van der Waals surface area contributed by atoms with Gasteiger partial charge < -0.3 is 25.7 Å². The van der Waals surface area contributed by atoms with Gasteiger partial charge in [-0.1, -0.05) is 13.8 Å². The van der Waals surface area contributed by atoms with Crippen LogP contribution in [0.4, 0.5) is 0 Å². The van der Waals surface area contributed by atoms with Crippen molar-refractivity contribution in [1.29, 1.82) is 0 Å². The van der Waals surface area contributed by atoms with E-state index in [1.807, 2.05) is 13.8 Å². The van der Waals surface area contributed by atoms with Crippen molar-refractivity contribution in [1.82, 2.24) is 30.0 Å². The number of rotatable bonds is 9. The highest BCUT2D eigenvalue weighted by Crippen LogP contribution is 2.54. The summed E-state index contributed by atoms with van der Waals surface area (Å²) in [5.74, 6) is -2.59. The average Bonchev–Trinajstić information content (AvgIpc) is 3.63. The number of aliphatic carboxylic acids is 1. The molecule has 1 saturated carbocycles. The minimum Gasteiger partial charge on any atom is -0.477 e. The Labute approximate surface area is 223 Å². The molecule has 3 fully saturated rings. The molecule has 0 unspecified atom stereocenters. The van der Waals surface area contributed by atoms with Crippen LogP contribution in [0.1, 0.15) is 39.5 Å². The fraction of sp³-hybridized carbons (Fsp3) is 0.708. The lowest BCUT2D eigenvalue weighted by Gasteiger charge is -2.47. The summed E-state index contributed by atoms with van der Waals surface area (Å²) in [5, 5.41) is 30.7. The molecule has 1 aromatic heterocycles. The highest BCUT2D eigenvalue weighted by molar-refractivity contribution is 8.03. The van der Waals surface area contributed by atoms with Gasteiger partial charge in [-0.25, -0.2) is 9.48 Å². The topological polar surface area (TPSA) is 185 Å². The Kier molecular flexibility index (Phi) is 7.31. The summed E-state index contributed by atoms with van der Waals surface area (Å²) in [7, 11) is 0. The number of β-amino-alcohol motifs (C(OH)–C–C–N with tert-alkyl or cyclic N) is 1. The molecule has 0 spiro atoms. The third-order valence-corrected chi connectivity index (χ3v) is 9.94. The summed E-state index contributed by atoms with van der Waals surface area (Å²) in [5.41, 5.74) is 5.89. The van der Waals surface area contributed by atoms with Crippen LogP contribution in [0.3, 0.4) is 0 Å². The third kappa shape index (κ3) is 4.73. The lowest BCUT2D eigenvalue weighted by Crippen LogP contribution is -2.62. The van der Waals surface area contributed by atoms with Gasteiger partial charge in [0.05, 0.1) is 18.1 Å². The van der Waals surface area contributed by atoms with Crippen LogP contribution in [0, 0.1) is 23.7 Å². The number of amides is 2. The van der Waals surface area contributed by atoms with Gasteiger partial charge in [-0.3, -0.25) is 14.4 Å². The molecule has 5 rings (SSSR count). The van der Waals surface area contributed by atoms with Gasteiger partial charge >= 0.3 is 5.97 Å². The van der Waals surface area contributed by atoms with Crippen molar-refractivity contribution in [2.24, 2.45) is 29.4 Å². The first kappa shape index (κ1) is 26.8. The number of carbonyl (C=O) groups excluding carboxylic acids is 3. The molecule has 8 atom stereocenters. The summed E-state index contributed by atoms with van der Waals surface area (Å²) < 4.78 is 1.33. The zero-order valence-corrected chi connectivity index (χ0v) is 22.2. The average molecular weight is 548 g/mol. The van der Waals surface area contributed by atoms with Gasteiger partial charge in [-0.2, -0.15) is 0 Å². The number of fused-ring (bicyclic) bond motifs is 1. The highest BCUT2D eigenvalue weighted by atomic mass is 32.2. The van der Waals surface area contributed by atoms with Crippen LogP contribution in [-0.2, 0) is 25.7 Å². The molecule has 14 heteroatoms. The van der Waals surface area contributed by atoms with Gasteiger partial charge in [-0.05, 0) is 35.6 Å². The summed E-state index contributed by atoms with van der Waals surface area (Å²) in [6.45, 7) is 4.40. The smallest absolute Gasteiger partial charge is 0.353 e. The number of aliphatic hydroxyl groups excluding tert-OH is 1. The molecule has 38 heavy (non-hydrogen) atoms. The number of carboxylic acids is 1. The Morgan fingerprint density at radius 2 is 2.03 bits per heavy atom. The van der Waals surface area contributed by atoms with Crippen molar-refractivity contribution in [2.75, 3.05) is 13.1 Å². The maximum absolute atomic E-state index is 13.2. The number of carboxylic acid groups (broad SMARTS) is 1. The molecule has 0 bridgehead atoms. The minimum absolute atomic E-state index is 0.00812. The van der Waals surface area contributed by atoms with E-state index < -0.39 is 24.0 Å². The molecule has 4 N–H and O–H groups in total. The van der Waals surface area contributed by atoms with E-state index in [2.05, 4.69) is 15.5 Å². The second-order valence-electron chi connectivity index (χ2n) is 11.0. The van der Waals surface area contributed by atoms with Crippen LogP contribution >= 0.6 is 11.8 Å². The maximum atomic E-state index is 13.2. The number of likely N-dealkylation sites (tertiary alicyclic amines) is 1. The largest absolute Gasteiger partial charge is 0.477 e. The second kappa shape index (κ2) is 10.4. The molecular formula is C24H33N7O6S.